The first-order valence-corrected chi connectivity index (χ1v) is 9.24. The topological polar surface area (TPSA) is 76.9 Å². The van der Waals surface area contributed by atoms with Gasteiger partial charge >= 0.3 is 0 Å². The summed E-state index contributed by atoms with van der Waals surface area (Å²) in [7, 11) is 0. The first kappa shape index (κ1) is 16.6. The molecule has 0 amide bonds. The molecule has 2 saturated heterocycles. The van der Waals surface area contributed by atoms with Gasteiger partial charge in [-0.25, -0.2) is 0 Å². The molecular formula is C18H25N3O4. The third-order valence-corrected chi connectivity index (χ3v) is 5.45. The van der Waals surface area contributed by atoms with Gasteiger partial charge in [-0.3, -0.25) is 10.1 Å². The summed E-state index contributed by atoms with van der Waals surface area (Å²) in [6, 6.07) is 3.47. The Morgan fingerprint density at radius 2 is 2.16 bits per heavy atom. The van der Waals surface area contributed by atoms with E-state index < -0.39 is 0 Å². The van der Waals surface area contributed by atoms with Gasteiger partial charge in [0.15, 0.2) is 0 Å². The SMILES string of the molecule is O=[N+]([O-])c1ccc2c(c1N1CCC(OCC3CCCO3)CC1)CCN2. The molecule has 4 rings (SSSR count). The van der Waals surface area contributed by atoms with Crippen LogP contribution in [0.15, 0.2) is 12.1 Å². The number of fused-ring (bicyclic) bond motifs is 1. The number of nitrogens with zero attached hydrogens (tertiary/aromatic N) is 2. The minimum Gasteiger partial charge on any atom is -0.384 e. The number of piperidine rings is 1. The van der Waals surface area contributed by atoms with Gasteiger partial charge in [-0.05, 0) is 38.2 Å². The maximum atomic E-state index is 11.5. The molecule has 7 heteroatoms. The van der Waals surface area contributed by atoms with Crippen molar-refractivity contribution in [2.75, 3.05) is 43.1 Å². The zero-order chi connectivity index (χ0) is 17.2. The Kier molecular flexibility index (Phi) is 4.76. The van der Waals surface area contributed by atoms with E-state index in [0.29, 0.717) is 6.61 Å². The summed E-state index contributed by atoms with van der Waals surface area (Å²) in [5, 5.41) is 14.8. The van der Waals surface area contributed by atoms with Gasteiger partial charge < -0.3 is 19.7 Å². The second-order valence-electron chi connectivity index (χ2n) is 7.05. The normalized spacial score (nSPS) is 23.5. The van der Waals surface area contributed by atoms with Crippen molar-refractivity contribution < 1.29 is 14.4 Å². The van der Waals surface area contributed by atoms with Crippen LogP contribution < -0.4 is 10.2 Å². The molecule has 1 aromatic rings. The largest absolute Gasteiger partial charge is 0.384 e. The number of nitro groups is 1. The molecular weight excluding hydrogens is 322 g/mol. The molecule has 0 aromatic heterocycles. The number of rotatable bonds is 5. The predicted octanol–water partition coefficient (Wildman–Crippen LogP) is 2.73. The van der Waals surface area contributed by atoms with Crippen molar-refractivity contribution in [3.05, 3.63) is 27.8 Å². The lowest BCUT2D eigenvalue weighted by Crippen LogP contribution is -2.38. The van der Waals surface area contributed by atoms with E-state index in [0.717, 1.165) is 75.3 Å². The predicted molar refractivity (Wildman–Crippen MR) is 95.5 cm³/mol. The van der Waals surface area contributed by atoms with Crippen LogP contribution in [0.4, 0.5) is 17.1 Å². The van der Waals surface area contributed by atoms with E-state index in [1.54, 1.807) is 6.07 Å². The Bertz CT molecular complexity index is 637. The number of nitro benzene ring substituents is 1. The van der Waals surface area contributed by atoms with Crippen molar-refractivity contribution in [2.24, 2.45) is 0 Å². The molecule has 3 heterocycles. The standard InChI is InChI=1S/C18H25N3O4/c22-21(23)17-4-3-16-15(5-8-19-16)18(17)20-9-6-13(7-10-20)25-12-14-2-1-11-24-14/h3-4,13-14,19H,1-2,5-12H2. The van der Waals surface area contributed by atoms with Crippen molar-refractivity contribution >= 4 is 17.1 Å². The molecule has 1 unspecified atom stereocenters. The zero-order valence-electron chi connectivity index (χ0n) is 14.4. The maximum Gasteiger partial charge on any atom is 0.292 e. The van der Waals surface area contributed by atoms with Crippen LogP contribution in [0.3, 0.4) is 0 Å². The van der Waals surface area contributed by atoms with E-state index in [1.807, 2.05) is 6.07 Å². The number of anilines is 2. The molecule has 7 nitrogen and oxygen atoms in total. The van der Waals surface area contributed by atoms with E-state index >= 15 is 0 Å². The Labute approximate surface area is 147 Å². The second kappa shape index (κ2) is 7.17. The van der Waals surface area contributed by atoms with Crippen molar-refractivity contribution in [1.29, 1.82) is 0 Å². The van der Waals surface area contributed by atoms with Crippen LogP contribution >= 0.6 is 0 Å². The molecule has 0 radical (unpaired) electrons. The highest BCUT2D eigenvalue weighted by molar-refractivity contribution is 5.78. The van der Waals surface area contributed by atoms with Crippen LogP contribution in [0.5, 0.6) is 0 Å². The average Bonchev–Trinajstić information content (AvgIpc) is 3.30. The molecule has 0 spiro atoms. The maximum absolute atomic E-state index is 11.5. The Morgan fingerprint density at radius 1 is 1.32 bits per heavy atom. The van der Waals surface area contributed by atoms with Crippen LogP contribution in [0.2, 0.25) is 0 Å². The first-order chi connectivity index (χ1) is 12.2. The molecule has 1 aromatic carbocycles. The number of benzene rings is 1. The van der Waals surface area contributed by atoms with Gasteiger partial charge in [-0.15, -0.1) is 0 Å². The molecule has 0 aliphatic carbocycles. The number of ether oxygens (including phenoxy) is 2. The highest BCUT2D eigenvalue weighted by Crippen LogP contribution is 2.40. The fraction of sp³-hybridized carbons (Fsp3) is 0.667. The smallest absolute Gasteiger partial charge is 0.292 e. The monoisotopic (exact) mass is 347 g/mol. The van der Waals surface area contributed by atoms with Gasteiger partial charge in [0.25, 0.3) is 5.69 Å². The molecule has 1 N–H and O–H groups in total. The summed E-state index contributed by atoms with van der Waals surface area (Å²) in [4.78, 5) is 13.4. The molecule has 1 atom stereocenters. The van der Waals surface area contributed by atoms with Gasteiger partial charge in [0, 0.05) is 43.6 Å². The molecule has 0 saturated carbocycles. The molecule has 3 aliphatic rings. The van der Waals surface area contributed by atoms with Crippen LogP contribution in [-0.2, 0) is 15.9 Å². The van der Waals surface area contributed by atoms with E-state index in [4.69, 9.17) is 9.47 Å². The Hall–Kier alpha value is -1.86. The van der Waals surface area contributed by atoms with E-state index in [2.05, 4.69) is 10.2 Å². The fourth-order valence-electron chi connectivity index (χ4n) is 4.13. The fourth-order valence-corrected chi connectivity index (χ4v) is 4.13. The molecule has 3 aliphatic heterocycles. The third kappa shape index (κ3) is 3.43. The lowest BCUT2D eigenvalue weighted by Gasteiger charge is -2.34. The minimum atomic E-state index is -0.256. The van der Waals surface area contributed by atoms with Gasteiger partial charge in [0.1, 0.15) is 5.69 Å². The van der Waals surface area contributed by atoms with E-state index in [1.165, 1.54) is 0 Å². The summed E-state index contributed by atoms with van der Waals surface area (Å²) in [6.45, 7) is 3.98. The van der Waals surface area contributed by atoms with Crippen molar-refractivity contribution in [1.82, 2.24) is 0 Å². The molecule has 25 heavy (non-hydrogen) atoms. The third-order valence-electron chi connectivity index (χ3n) is 5.45. The van der Waals surface area contributed by atoms with E-state index in [-0.39, 0.29) is 22.8 Å². The minimum absolute atomic E-state index is 0.223. The lowest BCUT2D eigenvalue weighted by molar-refractivity contribution is -0.384. The summed E-state index contributed by atoms with van der Waals surface area (Å²) >= 11 is 0. The van der Waals surface area contributed by atoms with E-state index in [9.17, 15) is 10.1 Å². The lowest BCUT2D eigenvalue weighted by atomic mass is 10.0. The number of hydrogen-bond acceptors (Lipinski definition) is 6. The van der Waals surface area contributed by atoms with Crippen molar-refractivity contribution in [2.45, 2.75) is 44.3 Å². The quantitative estimate of drug-likeness (QED) is 0.652. The highest BCUT2D eigenvalue weighted by atomic mass is 16.6. The summed E-state index contributed by atoms with van der Waals surface area (Å²) in [5.74, 6) is 0. The molecule has 0 bridgehead atoms. The van der Waals surface area contributed by atoms with Crippen molar-refractivity contribution in [3.8, 4) is 0 Å². The molecule has 136 valence electrons. The Morgan fingerprint density at radius 3 is 2.88 bits per heavy atom. The van der Waals surface area contributed by atoms with Crippen LogP contribution in [0, 0.1) is 10.1 Å². The average molecular weight is 347 g/mol. The summed E-state index contributed by atoms with van der Waals surface area (Å²) < 4.78 is 11.6. The summed E-state index contributed by atoms with van der Waals surface area (Å²) in [6.07, 6.45) is 5.36. The number of nitrogens with one attached hydrogen (secondary N) is 1. The summed E-state index contributed by atoms with van der Waals surface area (Å²) in [5.41, 5.74) is 3.16. The Balaban J connectivity index is 1.42. The highest BCUT2D eigenvalue weighted by Gasteiger charge is 2.30. The van der Waals surface area contributed by atoms with Crippen molar-refractivity contribution in [3.63, 3.8) is 0 Å². The van der Waals surface area contributed by atoms with Crippen LogP contribution in [0.25, 0.3) is 0 Å². The van der Waals surface area contributed by atoms with Gasteiger partial charge in [0.2, 0.25) is 0 Å². The molecule has 2 fully saturated rings. The van der Waals surface area contributed by atoms with Gasteiger partial charge in [0.05, 0.1) is 23.7 Å². The zero-order valence-corrected chi connectivity index (χ0v) is 14.4. The first-order valence-electron chi connectivity index (χ1n) is 9.24. The van der Waals surface area contributed by atoms with Crippen LogP contribution in [-0.4, -0.2) is 50.0 Å². The van der Waals surface area contributed by atoms with Gasteiger partial charge in [-0.1, -0.05) is 0 Å². The van der Waals surface area contributed by atoms with Crippen LogP contribution in [0.1, 0.15) is 31.2 Å². The number of hydrogen-bond donors (Lipinski definition) is 1. The second-order valence-corrected chi connectivity index (χ2v) is 7.05. The van der Waals surface area contributed by atoms with Gasteiger partial charge in [-0.2, -0.15) is 0 Å².